The standard InChI is InChI=1S/C37H27N2O.C37H26NO.C37H28N/c1-22-16-18-31-32-19-17-23(2)38-37(32)40-36(31)33(22)35-34-29-15-9-8-13-27(29)25-11-5-4-10-24(25)26-12-6-7-14-28(26)30(34)20-21-39(35)3;1-23-19-20-32-29-16-9-10-18-33(29)39-37(32)34(23)36-35-30-17-8-7-14-27(30)25-12-4-3-11-24(25)26-13-5-6-15-28(26)31(35)21-22-38(36)2;1-25-24-27(26-12-4-3-5-13-26)20-21-28(25)37-36-34-19-11-10-17-32(34)30-15-7-6-14-29(30)31-16-8-9-18-33(31)35(36)22-23-38(37)2/h4-21H,1-3H3;3-22H,1-2H3;3-24H,1-2H3/q3*+1. The molecule has 0 saturated carbocycles. The third-order valence-electron chi connectivity index (χ3n) is 24.4. The highest BCUT2D eigenvalue weighted by atomic mass is 16.3. The maximum absolute atomic E-state index is 6.62. The predicted molar refractivity (Wildman–Crippen MR) is 482 cm³/mol. The molecule has 20 aromatic rings. The first-order valence-corrected chi connectivity index (χ1v) is 40.3. The van der Waals surface area contributed by atoms with Crippen molar-refractivity contribution in [3.8, 4) is 178 Å². The van der Waals surface area contributed by atoms with Crippen LogP contribution in [0.5, 0.6) is 0 Å². The van der Waals surface area contributed by atoms with E-state index in [-0.39, 0.29) is 0 Å². The van der Waals surface area contributed by atoms with E-state index in [1.54, 1.807) is 0 Å². The van der Waals surface area contributed by atoms with Crippen LogP contribution in [0.15, 0.2) is 373 Å². The van der Waals surface area contributed by atoms with Crippen LogP contribution in [0.4, 0.5) is 0 Å². The fourth-order valence-electron chi connectivity index (χ4n) is 19.0. The molecule has 6 nitrogen and oxygen atoms in total. The molecule has 117 heavy (non-hydrogen) atoms. The molecule has 554 valence electrons. The Bertz CT molecular complexity index is 7460. The number of benzene rings is 14. The Morgan fingerprint density at radius 3 is 0.932 bits per heavy atom. The third-order valence-corrected chi connectivity index (χ3v) is 24.4. The van der Waals surface area contributed by atoms with Gasteiger partial charge in [-0.05, 0) is 180 Å². The lowest BCUT2D eigenvalue weighted by Gasteiger charge is -2.24. The Labute approximate surface area is 681 Å². The fourth-order valence-corrected chi connectivity index (χ4v) is 19.0. The van der Waals surface area contributed by atoms with Crippen molar-refractivity contribution in [1.29, 1.82) is 0 Å². The average Bonchev–Trinajstić information content (AvgIpc) is 1.71. The summed E-state index contributed by atoms with van der Waals surface area (Å²) in [4.78, 5) is 4.73. The zero-order chi connectivity index (χ0) is 78.7. The van der Waals surface area contributed by atoms with Gasteiger partial charge in [0.05, 0.1) is 27.8 Å². The molecule has 3 aliphatic carbocycles. The van der Waals surface area contributed by atoms with Gasteiger partial charge in [0.25, 0.3) is 0 Å². The highest BCUT2D eigenvalue weighted by Gasteiger charge is 2.36. The molecular formula is C111H81N4O2+3. The van der Waals surface area contributed by atoms with Crippen molar-refractivity contribution >= 4 is 44.0 Å². The van der Waals surface area contributed by atoms with Crippen LogP contribution in [-0.4, -0.2) is 4.98 Å². The SMILES string of the molecule is Cc1cc(-c2ccccc2)ccc1-c1c2c(cc[n+]1C)-c1ccccc1-c1ccccc1-c1ccccc1-2.Cc1ccc2c(n1)oc1c(-c3c4c(cc[n+]3C)-c3ccccc3-c3ccccc3-c3ccccc3-4)c(C)ccc12.Cc1ccc2c(oc3ccccc32)c1-c1c2c(cc[n+]1C)-c1ccccc1-c1ccccc1-c1ccccc1-2. The Kier molecular flexibility index (Phi) is 17.0. The van der Waals surface area contributed by atoms with E-state index >= 15 is 0 Å². The Morgan fingerprint density at radius 2 is 0.530 bits per heavy atom. The molecule has 3 aliphatic rings. The summed E-state index contributed by atoms with van der Waals surface area (Å²) in [7, 11) is 6.46. The van der Waals surface area contributed by atoms with Crippen LogP contribution in [0.25, 0.3) is 222 Å². The first-order chi connectivity index (χ1) is 57.5. The number of nitrogens with zero attached hydrogens (tertiary/aromatic N) is 4. The van der Waals surface area contributed by atoms with Gasteiger partial charge in [0.15, 0.2) is 24.2 Å². The summed E-state index contributed by atoms with van der Waals surface area (Å²) >= 11 is 0. The monoisotopic (exact) mass is 1500 g/mol. The van der Waals surface area contributed by atoms with Crippen LogP contribution in [0.2, 0.25) is 0 Å². The topological polar surface area (TPSA) is 50.8 Å². The van der Waals surface area contributed by atoms with Gasteiger partial charge in [-0.1, -0.05) is 303 Å². The number of fused-ring (bicyclic) bond motifs is 30. The number of aryl methyl sites for hydroxylation is 7. The van der Waals surface area contributed by atoms with E-state index in [1.807, 2.05) is 13.0 Å². The summed E-state index contributed by atoms with van der Waals surface area (Å²) in [6, 6.07) is 125. The molecule has 0 bridgehead atoms. The quantitative estimate of drug-likeness (QED) is 0.165. The number of hydrogen-bond acceptors (Lipinski definition) is 3. The van der Waals surface area contributed by atoms with Gasteiger partial charge in [-0.15, -0.1) is 0 Å². The van der Waals surface area contributed by atoms with Crippen LogP contribution in [0.3, 0.4) is 0 Å². The molecule has 0 saturated heterocycles. The summed E-state index contributed by atoms with van der Waals surface area (Å²) in [6.45, 7) is 8.61. The second-order valence-electron chi connectivity index (χ2n) is 31.3. The smallest absolute Gasteiger partial charge is 0.227 e. The van der Waals surface area contributed by atoms with Crippen molar-refractivity contribution in [2.75, 3.05) is 0 Å². The molecule has 0 amide bonds. The molecule has 0 aliphatic heterocycles. The number of para-hydroxylation sites is 1. The predicted octanol–water partition coefficient (Wildman–Crippen LogP) is 27.6. The second kappa shape index (κ2) is 28.4. The molecule has 6 heteroatoms. The summed E-state index contributed by atoms with van der Waals surface area (Å²) in [6.07, 6.45) is 6.60. The second-order valence-corrected chi connectivity index (χ2v) is 31.3. The number of hydrogen-bond donors (Lipinski definition) is 0. The van der Waals surface area contributed by atoms with Crippen LogP contribution in [-0.2, 0) is 21.1 Å². The van der Waals surface area contributed by atoms with E-state index in [4.69, 9.17) is 13.8 Å². The zero-order valence-electron chi connectivity index (χ0n) is 66.2. The summed E-state index contributed by atoms with van der Waals surface area (Å²) in [5.74, 6) is 0. The van der Waals surface area contributed by atoms with Crippen molar-refractivity contribution in [1.82, 2.24) is 4.98 Å². The number of pyridine rings is 4. The molecule has 14 aromatic carbocycles. The molecule has 23 rings (SSSR count). The minimum absolute atomic E-state index is 0.683. The van der Waals surface area contributed by atoms with E-state index in [0.717, 1.165) is 66.5 Å². The van der Waals surface area contributed by atoms with E-state index in [9.17, 15) is 0 Å². The van der Waals surface area contributed by atoms with Gasteiger partial charge in [-0.2, -0.15) is 0 Å². The maximum atomic E-state index is 6.62. The van der Waals surface area contributed by atoms with Crippen LogP contribution < -0.4 is 13.7 Å². The van der Waals surface area contributed by atoms with Gasteiger partial charge < -0.3 is 8.83 Å². The normalized spacial score (nSPS) is 11.7. The van der Waals surface area contributed by atoms with Crippen molar-refractivity contribution in [2.45, 2.75) is 27.7 Å². The summed E-state index contributed by atoms with van der Waals surface area (Å²) in [5.41, 5.74) is 47.5. The lowest BCUT2D eigenvalue weighted by atomic mass is 9.79. The van der Waals surface area contributed by atoms with Gasteiger partial charge in [-0.3, -0.25) is 0 Å². The van der Waals surface area contributed by atoms with Crippen LogP contribution in [0.1, 0.15) is 22.4 Å². The van der Waals surface area contributed by atoms with Crippen molar-refractivity contribution in [3.05, 3.63) is 387 Å². The molecule has 6 aromatic heterocycles. The molecule has 0 unspecified atom stereocenters. The van der Waals surface area contributed by atoms with Gasteiger partial charge >= 0.3 is 0 Å². The lowest BCUT2D eigenvalue weighted by Crippen LogP contribution is -2.32. The van der Waals surface area contributed by atoms with Gasteiger partial charge in [0.1, 0.15) is 32.3 Å². The number of furan rings is 2. The molecule has 0 N–H and O–H groups in total. The average molecular weight is 1500 g/mol. The molecule has 0 spiro atoms. The Hall–Kier alpha value is -14.7. The lowest BCUT2D eigenvalue weighted by molar-refractivity contribution is -0.660. The highest BCUT2D eigenvalue weighted by molar-refractivity contribution is 6.16. The van der Waals surface area contributed by atoms with Gasteiger partial charge in [0, 0.05) is 67.7 Å². The van der Waals surface area contributed by atoms with Crippen LogP contribution >= 0.6 is 0 Å². The molecule has 0 atom stereocenters. The fraction of sp³-hybridized carbons (Fsp3) is 0.0631. The van der Waals surface area contributed by atoms with Gasteiger partial charge in [0.2, 0.25) is 22.8 Å². The largest absolute Gasteiger partial charge is 0.455 e. The summed E-state index contributed by atoms with van der Waals surface area (Å²) < 4.78 is 20.0. The van der Waals surface area contributed by atoms with E-state index in [2.05, 4.69) is 414 Å². The molecular weight excluding hydrogens is 1420 g/mol. The van der Waals surface area contributed by atoms with Gasteiger partial charge in [-0.25, -0.2) is 18.7 Å². The number of rotatable bonds is 4. The molecule has 6 heterocycles. The first-order valence-electron chi connectivity index (χ1n) is 40.3. The highest BCUT2D eigenvalue weighted by Crippen LogP contribution is 2.55. The minimum Gasteiger partial charge on any atom is -0.455 e. The minimum atomic E-state index is 0.683. The Balaban J connectivity index is 0.000000109. The van der Waals surface area contributed by atoms with E-state index < -0.39 is 0 Å². The first kappa shape index (κ1) is 70.2. The van der Waals surface area contributed by atoms with Crippen LogP contribution in [0, 0.1) is 27.7 Å². The number of aromatic nitrogens is 4. The molecule has 0 radical (unpaired) electrons. The van der Waals surface area contributed by atoms with E-state index in [0.29, 0.717) is 5.71 Å². The van der Waals surface area contributed by atoms with Crippen molar-refractivity contribution in [3.63, 3.8) is 0 Å². The Morgan fingerprint density at radius 1 is 0.214 bits per heavy atom. The van der Waals surface area contributed by atoms with E-state index in [1.165, 1.54) is 173 Å². The third kappa shape index (κ3) is 11.5. The maximum Gasteiger partial charge on any atom is 0.227 e. The van der Waals surface area contributed by atoms with Crippen molar-refractivity contribution < 1.29 is 22.5 Å². The summed E-state index contributed by atoms with van der Waals surface area (Å²) in [5, 5.41) is 4.43. The van der Waals surface area contributed by atoms with Crippen molar-refractivity contribution in [2.24, 2.45) is 21.1 Å². The molecule has 0 fully saturated rings. The zero-order valence-corrected chi connectivity index (χ0v) is 66.2.